The van der Waals surface area contributed by atoms with Crippen molar-refractivity contribution in [2.45, 2.75) is 56.7 Å². The summed E-state index contributed by atoms with van der Waals surface area (Å²) in [5.41, 5.74) is 1.39. The first-order valence-electron chi connectivity index (χ1n) is 15.1. The number of hydrogen-bond acceptors (Lipinski definition) is 8. The number of rotatable bonds is 14. The molecule has 2 aromatic carbocycles. The maximum atomic E-state index is 13.5. The molecular weight excluding hydrogens is 650 g/mol. The standard InChI is InChI=1S/C32H38F2N6O7S/c1-19-12-20(2)29(21(3)13-19)48(45,46)39-26(31(42)43)16-37-28(41)18-47-23-14-22(15-36-27-10-6-7-11-35-27)40(17-23)32(44)38-25-9-5-4-8-24(25)30(33)34/h4-13,22-23,26,30,39H,14-18H2,1-3H3,(H,35,36)(H,37,41)(H,38,44)(H,42,43)/t22-,23+,26-/m0/s1. The molecule has 258 valence electrons. The molecule has 0 radical (unpaired) electrons. The molecule has 0 spiro atoms. The Morgan fingerprint density at radius 3 is 2.40 bits per heavy atom. The summed E-state index contributed by atoms with van der Waals surface area (Å²) in [6.07, 6.45) is -1.56. The molecule has 3 amide bonds. The number of ether oxygens (including phenoxy) is 1. The molecule has 1 aliphatic heterocycles. The average Bonchev–Trinajstić information content (AvgIpc) is 3.44. The number of aliphatic carboxylic acids is 1. The average molecular weight is 689 g/mol. The van der Waals surface area contributed by atoms with Crippen molar-refractivity contribution in [1.82, 2.24) is 19.9 Å². The van der Waals surface area contributed by atoms with E-state index < -0.39 is 65.7 Å². The summed E-state index contributed by atoms with van der Waals surface area (Å²) >= 11 is 0. The van der Waals surface area contributed by atoms with Gasteiger partial charge in [-0.15, -0.1) is 0 Å². The number of carboxylic acids is 1. The van der Waals surface area contributed by atoms with Crippen LogP contribution in [0.3, 0.4) is 0 Å². The number of carbonyl (C=O) groups is 3. The van der Waals surface area contributed by atoms with E-state index in [1.165, 1.54) is 29.2 Å². The number of anilines is 2. The third-order valence-electron chi connectivity index (χ3n) is 7.68. The largest absolute Gasteiger partial charge is 0.480 e. The quantitative estimate of drug-likeness (QED) is 0.169. The number of aromatic nitrogens is 1. The van der Waals surface area contributed by atoms with Gasteiger partial charge in [0.1, 0.15) is 18.5 Å². The van der Waals surface area contributed by atoms with Gasteiger partial charge in [0.05, 0.1) is 22.7 Å². The van der Waals surface area contributed by atoms with Crippen molar-refractivity contribution in [3.63, 3.8) is 0 Å². The van der Waals surface area contributed by atoms with E-state index in [2.05, 4.69) is 25.7 Å². The van der Waals surface area contributed by atoms with Crippen LogP contribution in [0, 0.1) is 20.8 Å². The first-order valence-corrected chi connectivity index (χ1v) is 16.5. The van der Waals surface area contributed by atoms with Crippen molar-refractivity contribution >= 4 is 39.4 Å². The number of likely N-dealkylation sites (tertiary alicyclic amines) is 1. The van der Waals surface area contributed by atoms with Crippen LogP contribution < -0.4 is 20.7 Å². The molecule has 16 heteroatoms. The van der Waals surface area contributed by atoms with E-state index in [1.807, 2.05) is 6.92 Å². The summed E-state index contributed by atoms with van der Waals surface area (Å²) in [6, 6.07) is 11.4. The molecule has 0 unspecified atom stereocenters. The Balaban J connectivity index is 1.37. The fraction of sp³-hybridized carbons (Fsp3) is 0.375. The van der Waals surface area contributed by atoms with Gasteiger partial charge in [-0.05, 0) is 56.5 Å². The Morgan fingerprint density at radius 1 is 1.06 bits per heavy atom. The first kappa shape index (κ1) is 36.2. The van der Waals surface area contributed by atoms with Gasteiger partial charge >= 0.3 is 12.0 Å². The third-order valence-corrected chi connectivity index (χ3v) is 9.46. The second kappa shape index (κ2) is 16.0. The molecular formula is C32H38F2N6O7S. The van der Waals surface area contributed by atoms with Crippen molar-refractivity contribution in [2.24, 2.45) is 0 Å². The fourth-order valence-electron chi connectivity index (χ4n) is 5.59. The second-order valence-electron chi connectivity index (χ2n) is 11.4. The zero-order valence-corrected chi connectivity index (χ0v) is 27.4. The molecule has 5 N–H and O–H groups in total. The van der Waals surface area contributed by atoms with Gasteiger partial charge in [0, 0.05) is 31.4 Å². The van der Waals surface area contributed by atoms with E-state index in [4.69, 9.17) is 4.74 Å². The summed E-state index contributed by atoms with van der Waals surface area (Å²) in [6.45, 7) is 4.24. The first-order chi connectivity index (χ1) is 22.7. The van der Waals surface area contributed by atoms with Crippen molar-refractivity contribution < 1.29 is 41.4 Å². The predicted molar refractivity (Wildman–Crippen MR) is 173 cm³/mol. The number of nitrogens with zero attached hydrogens (tertiary/aromatic N) is 2. The number of urea groups is 1. The molecule has 3 aromatic rings. The molecule has 1 aromatic heterocycles. The summed E-state index contributed by atoms with van der Waals surface area (Å²) in [5, 5.41) is 17.7. The Bertz CT molecular complexity index is 1710. The molecule has 0 saturated carbocycles. The Hall–Kier alpha value is -4.67. The number of halogens is 2. The van der Waals surface area contributed by atoms with Crippen LogP contribution in [0.25, 0.3) is 0 Å². The lowest BCUT2D eigenvalue weighted by Crippen LogP contribution is -2.49. The summed E-state index contributed by atoms with van der Waals surface area (Å²) in [7, 11) is -4.24. The lowest BCUT2D eigenvalue weighted by atomic mass is 10.1. The van der Waals surface area contributed by atoms with Gasteiger partial charge in [-0.2, -0.15) is 4.72 Å². The van der Waals surface area contributed by atoms with Gasteiger partial charge < -0.3 is 30.7 Å². The van der Waals surface area contributed by atoms with Crippen molar-refractivity contribution in [2.75, 3.05) is 36.9 Å². The molecule has 0 aliphatic carbocycles. The van der Waals surface area contributed by atoms with Gasteiger partial charge in [0.25, 0.3) is 6.43 Å². The Kier molecular flexibility index (Phi) is 12.0. The van der Waals surface area contributed by atoms with Crippen LogP contribution in [0.1, 0.15) is 35.1 Å². The number of sulfonamides is 1. The van der Waals surface area contributed by atoms with Gasteiger partial charge in [-0.25, -0.2) is 27.0 Å². The number of hydrogen-bond donors (Lipinski definition) is 5. The highest BCUT2D eigenvalue weighted by Gasteiger charge is 2.37. The van der Waals surface area contributed by atoms with E-state index in [0.29, 0.717) is 16.9 Å². The minimum absolute atomic E-state index is 0.0251. The molecule has 13 nitrogen and oxygen atoms in total. The van der Waals surface area contributed by atoms with Crippen LogP contribution in [0.15, 0.2) is 65.7 Å². The topological polar surface area (TPSA) is 179 Å². The van der Waals surface area contributed by atoms with E-state index in [0.717, 1.165) is 5.56 Å². The van der Waals surface area contributed by atoms with Crippen molar-refractivity contribution in [1.29, 1.82) is 0 Å². The lowest BCUT2D eigenvalue weighted by molar-refractivity contribution is -0.139. The number of carboxylic acid groups (broad SMARTS) is 1. The van der Waals surface area contributed by atoms with Gasteiger partial charge in [0.15, 0.2) is 0 Å². The molecule has 0 bridgehead atoms. The zero-order chi connectivity index (χ0) is 35.0. The molecule has 2 heterocycles. The predicted octanol–water partition coefficient (Wildman–Crippen LogP) is 3.60. The lowest BCUT2D eigenvalue weighted by Gasteiger charge is -2.25. The summed E-state index contributed by atoms with van der Waals surface area (Å²) < 4.78 is 61.1. The number of carbonyl (C=O) groups excluding carboxylic acids is 2. The second-order valence-corrected chi connectivity index (χ2v) is 13.1. The maximum absolute atomic E-state index is 13.5. The van der Waals surface area contributed by atoms with Gasteiger partial charge in [-0.3, -0.25) is 9.59 Å². The molecule has 1 saturated heterocycles. The SMILES string of the molecule is Cc1cc(C)c(S(=O)(=O)N[C@@H](CNC(=O)CO[C@@H]2C[C@@H](CNc3ccccn3)N(C(=O)Nc3ccccc3C(F)F)C2)C(=O)O)c(C)c1. The zero-order valence-electron chi connectivity index (χ0n) is 26.6. The highest BCUT2D eigenvalue weighted by molar-refractivity contribution is 7.89. The summed E-state index contributed by atoms with van der Waals surface area (Å²) in [5.74, 6) is -1.64. The van der Waals surface area contributed by atoms with Crippen LogP contribution in [-0.2, 0) is 24.3 Å². The van der Waals surface area contributed by atoms with E-state index in [1.54, 1.807) is 50.4 Å². The smallest absolute Gasteiger partial charge is 0.323 e. The number of alkyl halides is 2. The summed E-state index contributed by atoms with van der Waals surface area (Å²) in [4.78, 5) is 43.4. The van der Waals surface area contributed by atoms with Crippen LogP contribution in [0.5, 0.6) is 0 Å². The number of aryl methyl sites for hydroxylation is 3. The van der Waals surface area contributed by atoms with Crippen LogP contribution in [-0.4, -0.2) is 85.7 Å². The van der Waals surface area contributed by atoms with E-state index >= 15 is 0 Å². The Morgan fingerprint density at radius 2 is 1.75 bits per heavy atom. The Labute approximate surface area is 277 Å². The molecule has 3 atom stereocenters. The van der Waals surface area contributed by atoms with E-state index in [-0.39, 0.29) is 35.7 Å². The number of pyridine rings is 1. The molecule has 48 heavy (non-hydrogen) atoms. The molecule has 1 aliphatic rings. The van der Waals surface area contributed by atoms with Crippen LogP contribution in [0.2, 0.25) is 0 Å². The van der Waals surface area contributed by atoms with Crippen LogP contribution in [0.4, 0.5) is 25.1 Å². The van der Waals surface area contributed by atoms with Crippen molar-refractivity contribution in [3.8, 4) is 0 Å². The van der Waals surface area contributed by atoms with Crippen molar-refractivity contribution in [3.05, 3.63) is 83.0 Å². The monoisotopic (exact) mass is 688 g/mol. The highest BCUT2D eigenvalue weighted by Crippen LogP contribution is 2.28. The number of para-hydroxylation sites is 1. The highest BCUT2D eigenvalue weighted by atomic mass is 32.2. The van der Waals surface area contributed by atoms with Gasteiger partial charge in [-0.1, -0.05) is 42.0 Å². The van der Waals surface area contributed by atoms with Gasteiger partial charge in [0.2, 0.25) is 15.9 Å². The number of benzene rings is 2. The van der Waals surface area contributed by atoms with Crippen LogP contribution >= 0.6 is 0 Å². The minimum atomic E-state index is -4.24. The molecule has 1 fully saturated rings. The van der Waals surface area contributed by atoms with E-state index in [9.17, 15) is 36.7 Å². The minimum Gasteiger partial charge on any atom is -0.480 e. The third kappa shape index (κ3) is 9.45. The number of amides is 3. The normalized spacial score (nSPS) is 16.8. The number of nitrogens with one attached hydrogen (secondary N) is 4. The maximum Gasteiger partial charge on any atom is 0.323 e. The molecule has 4 rings (SSSR count). The fourth-order valence-corrected chi connectivity index (χ4v) is 7.23.